The SMILES string of the molecule is C[C@H]1CC(Cc2ccc(F)cc2)CCC[C@@H]1c1nn2c(C3CCOCC3)ncc2c(=O)[nH]1. The minimum absolute atomic E-state index is 0.111. The van der Waals surface area contributed by atoms with E-state index in [9.17, 15) is 9.18 Å². The standard InChI is InChI=1S/C25H31FN4O2/c1-16-13-18(14-17-5-7-20(26)8-6-17)3-2-4-21(16)23-28-25(31)22-15-27-24(30(22)29-23)19-9-11-32-12-10-19/h5-8,15-16,18-19,21H,2-4,9-14H2,1H3,(H,28,29,31)/t16-,18?,21-/m0/s1. The molecule has 1 aromatic carbocycles. The van der Waals surface area contributed by atoms with Crippen LogP contribution in [0.2, 0.25) is 0 Å². The van der Waals surface area contributed by atoms with Crippen molar-refractivity contribution in [1.82, 2.24) is 19.6 Å². The van der Waals surface area contributed by atoms with Gasteiger partial charge in [-0.15, -0.1) is 0 Å². The Balaban J connectivity index is 1.38. The number of imidazole rings is 1. The number of H-pyrrole nitrogens is 1. The van der Waals surface area contributed by atoms with Gasteiger partial charge in [0.25, 0.3) is 5.56 Å². The van der Waals surface area contributed by atoms with Crippen LogP contribution in [0.15, 0.2) is 35.3 Å². The zero-order valence-corrected chi connectivity index (χ0v) is 18.6. The Bertz CT molecular complexity index is 1120. The molecule has 1 unspecified atom stereocenters. The van der Waals surface area contributed by atoms with E-state index in [0.29, 0.717) is 17.4 Å². The summed E-state index contributed by atoms with van der Waals surface area (Å²) in [7, 11) is 0. The minimum Gasteiger partial charge on any atom is -0.381 e. The third-order valence-electron chi connectivity index (χ3n) is 7.34. The van der Waals surface area contributed by atoms with Crippen molar-refractivity contribution in [2.45, 2.75) is 63.7 Å². The second-order valence-corrected chi connectivity index (χ2v) is 9.59. The molecule has 5 rings (SSSR count). The van der Waals surface area contributed by atoms with E-state index in [0.717, 1.165) is 69.8 Å². The molecule has 0 bridgehead atoms. The molecule has 2 aliphatic rings. The van der Waals surface area contributed by atoms with Crippen molar-refractivity contribution >= 4 is 5.52 Å². The van der Waals surface area contributed by atoms with Crippen LogP contribution in [0.1, 0.15) is 74.5 Å². The predicted octanol–water partition coefficient (Wildman–Crippen LogP) is 4.60. The number of benzene rings is 1. The van der Waals surface area contributed by atoms with Gasteiger partial charge in [-0.25, -0.2) is 13.9 Å². The lowest BCUT2D eigenvalue weighted by Crippen LogP contribution is -2.24. The fourth-order valence-electron chi connectivity index (χ4n) is 5.60. The molecule has 0 radical (unpaired) electrons. The summed E-state index contributed by atoms with van der Waals surface area (Å²) < 4.78 is 20.5. The molecule has 0 amide bonds. The first-order valence-corrected chi connectivity index (χ1v) is 11.9. The second kappa shape index (κ2) is 9.14. The van der Waals surface area contributed by atoms with Gasteiger partial charge in [0.2, 0.25) is 0 Å². The second-order valence-electron chi connectivity index (χ2n) is 9.59. The number of aromatic amines is 1. The molecule has 32 heavy (non-hydrogen) atoms. The summed E-state index contributed by atoms with van der Waals surface area (Å²) in [4.78, 5) is 20.5. The van der Waals surface area contributed by atoms with E-state index >= 15 is 0 Å². The Hall–Kier alpha value is -2.54. The molecule has 0 spiro atoms. The lowest BCUT2D eigenvalue weighted by molar-refractivity contribution is 0.0832. The maximum atomic E-state index is 13.3. The molecular formula is C25H31FN4O2. The lowest BCUT2D eigenvalue weighted by atomic mass is 9.84. The Morgan fingerprint density at radius 1 is 1.16 bits per heavy atom. The average Bonchev–Trinajstić information content (AvgIpc) is 3.14. The monoisotopic (exact) mass is 438 g/mol. The van der Waals surface area contributed by atoms with E-state index in [1.165, 1.54) is 5.56 Å². The van der Waals surface area contributed by atoms with Gasteiger partial charge in [-0.05, 0) is 61.6 Å². The quantitative estimate of drug-likeness (QED) is 0.604. The van der Waals surface area contributed by atoms with Crippen LogP contribution in [-0.4, -0.2) is 32.8 Å². The third-order valence-corrected chi connectivity index (χ3v) is 7.34. The molecule has 7 heteroatoms. The summed E-state index contributed by atoms with van der Waals surface area (Å²) in [5.41, 5.74) is 1.60. The maximum Gasteiger partial charge on any atom is 0.276 e. The Morgan fingerprint density at radius 2 is 1.94 bits per heavy atom. The highest BCUT2D eigenvalue weighted by atomic mass is 19.1. The smallest absolute Gasteiger partial charge is 0.276 e. The Labute approximate surface area is 187 Å². The first-order valence-electron chi connectivity index (χ1n) is 11.9. The third kappa shape index (κ3) is 4.35. The average molecular weight is 439 g/mol. The van der Waals surface area contributed by atoms with E-state index in [4.69, 9.17) is 9.84 Å². The van der Waals surface area contributed by atoms with Crippen LogP contribution in [0.5, 0.6) is 0 Å². The van der Waals surface area contributed by atoms with Crippen molar-refractivity contribution in [1.29, 1.82) is 0 Å². The number of aromatic nitrogens is 4. The highest BCUT2D eigenvalue weighted by Crippen LogP contribution is 2.38. The van der Waals surface area contributed by atoms with Gasteiger partial charge in [0, 0.05) is 25.0 Å². The number of ether oxygens (including phenoxy) is 1. The summed E-state index contributed by atoms with van der Waals surface area (Å²) in [5.74, 6) is 2.93. The molecule has 3 aromatic rings. The van der Waals surface area contributed by atoms with Gasteiger partial charge in [0.1, 0.15) is 17.5 Å². The van der Waals surface area contributed by atoms with Gasteiger partial charge in [0.05, 0.1) is 6.20 Å². The van der Waals surface area contributed by atoms with Crippen molar-refractivity contribution in [3.8, 4) is 0 Å². The van der Waals surface area contributed by atoms with E-state index in [1.54, 1.807) is 22.8 Å². The number of rotatable bonds is 4. The normalized spacial score (nSPS) is 25.1. The molecular weight excluding hydrogens is 407 g/mol. The minimum atomic E-state index is -0.187. The Kier molecular flexibility index (Phi) is 6.09. The van der Waals surface area contributed by atoms with Gasteiger partial charge < -0.3 is 9.72 Å². The number of hydrogen-bond acceptors (Lipinski definition) is 4. The molecule has 3 atom stereocenters. The van der Waals surface area contributed by atoms with Crippen molar-refractivity contribution in [3.05, 3.63) is 63.8 Å². The van der Waals surface area contributed by atoms with Gasteiger partial charge in [-0.2, -0.15) is 5.10 Å². The number of nitrogens with one attached hydrogen (secondary N) is 1. The van der Waals surface area contributed by atoms with E-state index < -0.39 is 0 Å². The summed E-state index contributed by atoms with van der Waals surface area (Å²) in [6, 6.07) is 6.88. The molecule has 3 heterocycles. The van der Waals surface area contributed by atoms with E-state index in [1.807, 2.05) is 12.1 Å². The lowest BCUT2D eigenvalue weighted by Gasteiger charge is -2.23. The maximum absolute atomic E-state index is 13.3. The molecule has 1 N–H and O–H groups in total. The van der Waals surface area contributed by atoms with Gasteiger partial charge in [0.15, 0.2) is 5.52 Å². The number of nitrogens with zero attached hydrogens (tertiary/aromatic N) is 3. The van der Waals surface area contributed by atoms with Crippen molar-refractivity contribution in [3.63, 3.8) is 0 Å². The number of fused-ring (bicyclic) bond motifs is 1. The molecule has 6 nitrogen and oxygen atoms in total. The highest BCUT2D eigenvalue weighted by Gasteiger charge is 2.30. The first-order chi connectivity index (χ1) is 15.6. The summed E-state index contributed by atoms with van der Waals surface area (Å²) >= 11 is 0. The summed E-state index contributed by atoms with van der Waals surface area (Å²) in [6.45, 7) is 3.72. The largest absolute Gasteiger partial charge is 0.381 e. The van der Waals surface area contributed by atoms with Crippen molar-refractivity contribution in [2.24, 2.45) is 11.8 Å². The molecule has 1 aliphatic carbocycles. The first kappa shape index (κ1) is 21.3. The van der Waals surface area contributed by atoms with Crippen LogP contribution in [-0.2, 0) is 11.2 Å². The van der Waals surface area contributed by atoms with Crippen LogP contribution in [0.4, 0.5) is 4.39 Å². The number of hydrogen-bond donors (Lipinski definition) is 1. The molecule has 2 fully saturated rings. The van der Waals surface area contributed by atoms with Gasteiger partial charge >= 0.3 is 0 Å². The van der Waals surface area contributed by atoms with Gasteiger partial charge in [-0.1, -0.05) is 31.9 Å². The summed E-state index contributed by atoms with van der Waals surface area (Å²) in [6.07, 6.45) is 8.76. The van der Waals surface area contributed by atoms with Crippen molar-refractivity contribution < 1.29 is 9.13 Å². The molecule has 1 aliphatic heterocycles. The topological polar surface area (TPSA) is 72.3 Å². The number of halogens is 1. The van der Waals surface area contributed by atoms with Gasteiger partial charge in [-0.3, -0.25) is 4.79 Å². The molecule has 1 saturated carbocycles. The highest BCUT2D eigenvalue weighted by molar-refractivity contribution is 5.42. The van der Waals surface area contributed by atoms with Crippen LogP contribution in [0.3, 0.4) is 0 Å². The predicted molar refractivity (Wildman–Crippen MR) is 120 cm³/mol. The fourth-order valence-corrected chi connectivity index (χ4v) is 5.60. The molecule has 2 aromatic heterocycles. The molecule has 1 saturated heterocycles. The molecule has 170 valence electrons. The van der Waals surface area contributed by atoms with Crippen LogP contribution >= 0.6 is 0 Å². The summed E-state index contributed by atoms with van der Waals surface area (Å²) in [5, 5.41) is 4.92. The van der Waals surface area contributed by atoms with Crippen LogP contribution in [0, 0.1) is 17.7 Å². The Morgan fingerprint density at radius 3 is 2.72 bits per heavy atom. The van der Waals surface area contributed by atoms with E-state index in [2.05, 4.69) is 16.9 Å². The van der Waals surface area contributed by atoms with Crippen LogP contribution < -0.4 is 5.56 Å². The zero-order valence-electron chi connectivity index (χ0n) is 18.6. The fraction of sp³-hybridized carbons (Fsp3) is 0.560. The van der Waals surface area contributed by atoms with E-state index in [-0.39, 0.29) is 23.2 Å². The zero-order chi connectivity index (χ0) is 22.1. The van der Waals surface area contributed by atoms with Crippen LogP contribution in [0.25, 0.3) is 5.52 Å². The van der Waals surface area contributed by atoms with Crippen molar-refractivity contribution in [2.75, 3.05) is 13.2 Å².